The van der Waals surface area contributed by atoms with Crippen LogP contribution in [-0.2, 0) is 4.74 Å². The maximum Gasteiger partial charge on any atom is 0.0783 e. The van der Waals surface area contributed by atoms with Crippen LogP contribution in [0.5, 0.6) is 0 Å². The van der Waals surface area contributed by atoms with E-state index in [2.05, 4.69) is 24.7 Å². The minimum atomic E-state index is 0.140. The number of hydrogen-bond acceptors (Lipinski definition) is 4. The van der Waals surface area contributed by atoms with Crippen molar-refractivity contribution in [2.75, 3.05) is 25.2 Å². The maximum atomic E-state index is 6.49. The number of rotatable bonds is 3. The number of hydrogen-bond donors (Lipinski definition) is 1. The molecule has 0 radical (unpaired) electrons. The molecule has 2 saturated heterocycles. The number of ether oxygens (including phenoxy) is 1. The van der Waals surface area contributed by atoms with E-state index in [0.29, 0.717) is 12.0 Å². The molecule has 0 aromatic carbocycles. The lowest BCUT2D eigenvalue weighted by Crippen LogP contribution is -2.43. The molecule has 2 aliphatic heterocycles. The summed E-state index contributed by atoms with van der Waals surface area (Å²) in [6.45, 7) is 2.99. The Hall–Kier alpha value is 0.260. The summed E-state index contributed by atoms with van der Waals surface area (Å²) in [6, 6.07) is 0.368. The van der Waals surface area contributed by atoms with Gasteiger partial charge in [0.25, 0.3) is 0 Å². The Kier molecular flexibility index (Phi) is 4.68. The van der Waals surface area contributed by atoms with E-state index < -0.39 is 0 Å². The second kappa shape index (κ2) is 6.17. The summed E-state index contributed by atoms with van der Waals surface area (Å²) in [4.78, 5) is 1.30. The van der Waals surface area contributed by atoms with Crippen molar-refractivity contribution in [3.63, 3.8) is 0 Å². The Bertz CT molecular complexity index is 470. The summed E-state index contributed by atoms with van der Waals surface area (Å²) in [5.41, 5.74) is 1.34. The number of thiophene rings is 1. The summed E-state index contributed by atoms with van der Waals surface area (Å²) in [5.74, 6) is 3.04. The highest BCUT2D eigenvalue weighted by Gasteiger charge is 2.43. The highest BCUT2D eigenvalue weighted by Crippen LogP contribution is 2.46. The van der Waals surface area contributed by atoms with E-state index >= 15 is 0 Å². The largest absolute Gasteiger partial charge is 0.374 e. The summed E-state index contributed by atoms with van der Waals surface area (Å²) >= 11 is 10.3. The van der Waals surface area contributed by atoms with Gasteiger partial charge < -0.3 is 10.1 Å². The lowest BCUT2D eigenvalue weighted by Gasteiger charge is -2.40. The molecule has 0 saturated carbocycles. The van der Waals surface area contributed by atoms with Crippen molar-refractivity contribution in [3.05, 3.63) is 20.8 Å². The smallest absolute Gasteiger partial charge is 0.0783 e. The summed E-state index contributed by atoms with van der Waals surface area (Å²) < 4.78 is 6.14. The molecular formula is C15H22ClNOS2. The topological polar surface area (TPSA) is 21.3 Å². The zero-order valence-corrected chi connectivity index (χ0v) is 14.5. The van der Waals surface area contributed by atoms with E-state index in [-0.39, 0.29) is 5.60 Å². The van der Waals surface area contributed by atoms with E-state index in [9.17, 15) is 0 Å². The summed E-state index contributed by atoms with van der Waals surface area (Å²) in [7, 11) is 2.06. The first-order valence-corrected chi connectivity index (χ1v) is 9.69. The SMILES string of the molecule is CNC(c1scc(C)c1Cl)C1CCOC2(CCSC2)C1. The molecule has 1 spiro atoms. The Morgan fingerprint density at radius 2 is 2.40 bits per heavy atom. The van der Waals surface area contributed by atoms with Gasteiger partial charge >= 0.3 is 0 Å². The number of thioether (sulfide) groups is 1. The summed E-state index contributed by atoms with van der Waals surface area (Å²) in [5, 5.41) is 6.64. The van der Waals surface area contributed by atoms with Gasteiger partial charge in [0.15, 0.2) is 0 Å². The zero-order chi connectivity index (χ0) is 14.2. The molecule has 2 nitrogen and oxygen atoms in total. The first-order chi connectivity index (χ1) is 9.65. The van der Waals surface area contributed by atoms with Gasteiger partial charge in [0.05, 0.1) is 10.6 Å². The summed E-state index contributed by atoms with van der Waals surface area (Å²) in [6.07, 6.45) is 3.51. The van der Waals surface area contributed by atoms with Crippen molar-refractivity contribution in [2.24, 2.45) is 5.92 Å². The van der Waals surface area contributed by atoms with Gasteiger partial charge in [-0.2, -0.15) is 11.8 Å². The van der Waals surface area contributed by atoms with Gasteiger partial charge in [0.1, 0.15) is 0 Å². The van der Waals surface area contributed by atoms with Crippen LogP contribution in [-0.4, -0.2) is 30.8 Å². The molecule has 0 bridgehead atoms. The van der Waals surface area contributed by atoms with Crippen molar-refractivity contribution in [1.29, 1.82) is 0 Å². The number of nitrogens with one attached hydrogen (secondary N) is 1. The van der Waals surface area contributed by atoms with Crippen LogP contribution in [0.2, 0.25) is 5.02 Å². The van der Waals surface area contributed by atoms with Crippen LogP contribution >= 0.6 is 34.7 Å². The van der Waals surface area contributed by atoms with Gasteiger partial charge in [-0.3, -0.25) is 0 Å². The van der Waals surface area contributed by atoms with Gasteiger partial charge in [-0.25, -0.2) is 0 Å². The van der Waals surface area contributed by atoms with Crippen molar-refractivity contribution in [1.82, 2.24) is 5.32 Å². The van der Waals surface area contributed by atoms with Gasteiger partial charge in [0.2, 0.25) is 0 Å². The highest BCUT2D eigenvalue weighted by atomic mass is 35.5. The van der Waals surface area contributed by atoms with Gasteiger partial charge in [0, 0.05) is 23.3 Å². The number of halogens is 1. The van der Waals surface area contributed by atoms with Crippen LogP contribution in [0, 0.1) is 12.8 Å². The molecule has 3 rings (SSSR count). The van der Waals surface area contributed by atoms with Crippen molar-refractivity contribution in [3.8, 4) is 0 Å². The standard InChI is InChI=1S/C15H22ClNOS2/c1-10-8-20-14(12(10)16)13(17-2)11-3-5-18-15(7-11)4-6-19-9-15/h8,11,13,17H,3-7,9H2,1-2H3. The molecule has 0 amide bonds. The fourth-order valence-corrected chi connectivity index (χ4v) is 6.35. The Morgan fingerprint density at radius 1 is 1.55 bits per heavy atom. The van der Waals surface area contributed by atoms with Crippen LogP contribution in [0.25, 0.3) is 0 Å². The molecule has 1 N–H and O–H groups in total. The minimum Gasteiger partial charge on any atom is -0.374 e. The van der Waals surface area contributed by atoms with E-state index in [0.717, 1.165) is 23.8 Å². The Morgan fingerprint density at radius 3 is 3.00 bits per heavy atom. The van der Waals surface area contributed by atoms with Crippen LogP contribution in [0.3, 0.4) is 0 Å². The highest BCUT2D eigenvalue weighted by molar-refractivity contribution is 7.99. The Balaban J connectivity index is 1.80. The van der Waals surface area contributed by atoms with Crippen LogP contribution < -0.4 is 5.32 Å². The van der Waals surface area contributed by atoms with E-state index in [1.54, 1.807) is 11.3 Å². The average Bonchev–Trinajstić information content (AvgIpc) is 3.02. The third kappa shape index (κ3) is 2.78. The monoisotopic (exact) mass is 331 g/mol. The predicted molar refractivity (Wildman–Crippen MR) is 89.2 cm³/mol. The molecule has 20 heavy (non-hydrogen) atoms. The first-order valence-electron chi connectivity index (χ1n) is 7.28. The minimum absolute atomic E-state index is 0.140. The molecule has 3 unspecified atom stereocenters. The second-order valence-electron chi connectivity index (χ2n) is 5.95. The molecule has 5 heteroatoms. The third-order valence-corrected chi connectivity index (χ3v) is 7.61. The third-order valence-electron chi connectivity index (χ3n) is 4.59. The second-order valence-corrected chi connectivity index (χ2v) is 8.34. The van der Waals surface area contributed by atoms with Gasteiger partial charge in [-0.15, -0.1) is 11.3 Å². The molecule has 0 aliphatic carbocycles. The molecule has 2 fully saturated rings. The molecule has 2 aliphatic rings. The fourth-order valence-electron chi connectivity index (χ4n) is 3.45. The normalized spacial score (nSPS) is 31.9. The molecule has 3 heterocycles. The van der Waals surface area contributed by atoms with Crippen molar-refractivity contribution in [2.45, 2.75) is 37.8 Å². The lowest BCUT2D eigenvalue weighted by atomic mass is 9.80. The van der Waals surface area contributed by atoms with Crippen molar-refractivity contribution >= 4 is 34.7 Å². The zero-order valence-electron chi connectivity index (χ0n) is 12.1. The quantitative estimate of drug-likeness (QED) is 0.893. The Labute approximate surface area is 134 Å². The van der Waals surface area contributed by atoms with Crippen LogP contribution in [0.1, 0.15) is 35.7 Å². The maximum absolute atomic E-state index is 6.49. The van der Waals surface area contributed by atoms with Gasteiger partial charge in [-0.1, -0.05) is 11.6 Å². The van der Waals surface area contributed by atoms with Crippen molar-refractivity contribution < 1.29 is 4.74 Å². The first kappa shape index (κ1) is 15.2. The molecule has 3 atom stereocenters. The fraction of sp³-hybridized carbons (Fsp3) is 0.733. The lowest BCUT2D eigenvalue weighted by molar-refractivity contribution is -0.0848. The van der Waals surface area contributed by atoms with E-state index in [1.165, 1.54) is 29.0 Å². The van der Waals surface area contributed by atoms with Crippen LogP contribution in [0.15, 0.2) is 5.38 Å². The van der Waals surface area contributed by atoms with Gasteiger partial charge in [-0.05, 0) is 55.8 Å². The van der Waals surface area contributed by atoms with Crippen LogP contribution in [0.4, 0.5) is 0 Å². The average molecular weight is 332 g/mol. The predicted octanol–water partition coefficient (Wildman–Crippen LogP) is 4.27. The molecule has 112 valence electrons. The number of aryl methyl sites for hydroxylation is 1. The molecule has 1 aromatic heterocycles. The molecular weight excluding hydrogens is 310 g/mol. The van der Waals surface area contributed by atoms with E-state index in [4.69, 9.17) is 16.3 Å². The molecule has 1 aromatic rings. The van der Waals surface area contributed by atoms with E-state index in [1.807, 2.05) is 11.8 Å².